The molecular formula is C19H18N2O2. The lowest BCUT2D eigenvalue weighted by molar-refractivity contribution is 0.152. The fraction of sp³-hybridized carbons (Fsp3) is 0.211. The average molecular weight is 306 g/mol. The standard InChI is InChI=1S/C19H18N2O2/c1-22-15-7-8-16-17(21-10-9-20-13-21)12-18(23-19(16)11-15)14-5-3-2-4-6-14/h2-11,13,17-18H,12H2,1H3/t17-,18+/m1/s1. The van der Waals surface area contributed by atoms with Crippen molar-refractivity contribution in [1.82, 2.24) is 9.55 Å². The van der Waals surface area contributed by atoms with Crippen LogP contribution in [0.4, 0.5) is 0 Å². The Morgan fingerprint density at radius 1 is 1.17 bits per heavy atom. The lowest BCUT2D eigenvalue weighted by Gasteiger charge is -2.33. The van der Waals surface area contributed by atoms with Crippen molar-refractivity contribution in [3.8, 4) is 11.5 Å². The van der Waals surface area contributed by atoms with Crippen LogP contribution in [0.2, 0.25) is 0 Å². The van der Waals surface area contributed by atoms with Gasteiger partial charge in [0.2, 0.25) is 0 Å². The summed E-state index contributed by atoms with van der Waals surface area (Å²) in [6.07, 6.45) is 6.58. The Labute approximate surface area is 135 Å². The van der Waals surface area contributed by atoms with Crippen LogP contribution in [0.3, 0.4) is 0 Å². The molecular weight excluding hydrogens is 288 g/mol. The first kappa shape index (κ1) is 13.9. The summed E-state index contributed by atoms with van der Waals surface area (Å²) < 4.78 is 13.8. The largest absolute Gasteiger partial charge is 0.497 e. The number of aromatic nitrogens is 2. The van der Waals surface area contributed by atoms with Crippen molar-refractivity contribution in [3.63, 3.8) is 0 Å². The van der Waals surface area contributed by atoms with E-state index in [1.54, 1.807) is 7.11 Å². The molecule has 1 aromatic heterocycles. The highest BCUT2D eigenvalue weighted by Crippen LogP contribution is 2.43. The lowest BCUT2D eigenvalue weighted by atomic mass is 9.92. The molecule has 0 N–H and O–H groups in total. The Balaban J connectivity index is 1.78. The number of benzene rings is 2. The number of nitrogens with zero attached hydrogens (tertiary/aromatic N) is 2. The van der Waals surface area contributed by atoms with E-state index in [4.69, 9.17) is 9.47 Å². The summed E-state index contributed by atoms with van der Waals surface area (Å²) in [4.78, 5) is 4.20. The van der Waals surface area contributed by atoms with Crippen LogP contribution in [0.15, 0.2) is 67.3 Å². The van der Waals surface area contributed by atoms with Gasteiger partial charge >= 0.3 is 0 Å². The molecule has 2 heterocycles. The summed E-state index contributed by atoms with van der Waals surface area (Å²) in [6, 6.07) is 16.6. The van der Waals surface area contributed by atoms with Crippen LogP contribution in [0, 0.1) is 0 Å². The molecule has 4 heteroatoms. The molecule has 23 heavy (non-hydrogen) atoms. The normalized spacial score (nSPS) is 19.7. The van der Waals surface area contributed by atoms with Crippen molar-refractivity contribution in [3.05, 3.63) is 78.4 Å². The highest BCUT2D eigenvalue weighted by molar-refractivity contribution is 5.45. The number of ether oxygens (including phenoxy) is 2. The van der Waals surface area contributed by atoms with Gasteiger partial charge in [-0.25, -0.2) is 4.98 Å². The van der Waals surface area contributed by atoms with E-state index >= 15 is 0 Å². The van der Waals surface area contributed by atoms with Gasteiger partial charge < -0.3 is 14.0 Å². The summed E-state index contributed by atoms with van der Waals surface area (Å²) in [7, 11) is 1.67. The Morgan fingerprint density at radius 3 is 2.78 bits per heavy atom. The maximum Gasteiger partial charge on any atom is 0.129 e. The first-order valence-electron chi connectivity index (χ1n) is 7.72. The summed E-state index contributed by atoms with van der Waals surface area (Å²) in [5.74, 6) is 1.69. The van der Waals surface area contributed by atoms with E-state index in [1.807, 2.05) is 49.1 Å². The van der Waals surface area contributed by atoms with Gasteiger partial charge in [-0.2, -0.15) is 0 Å². The first-order chi connectivity index (χ1) is 11.3. The Hall–Kier alpha value is -2.75. The molecule has 116 valence electrons. The molecule has 3 aromatic rings. The van der Waals surface area contributed by atoms with E-state index in [1.165, 1.54) is 5.56 Å². The molecule has 0 spiro atoms. The Kier molecular flexibility index (Phi) is 3.50. The molecule has 4 rings (SSSR count). The summed E-state index contributed by atoms with van der Waals surface area (Å²) in [5.41, 5.74) is 2.35. The summed E-state index contributed by atoms with van der Waals surface area (Å²) in [5, 5.41) is 0. The molecule has 0 aliphatic carbocycles. The molecule has 1 aliphatic rings. The predicted octanol–water partition coefficient (Wildman–Crippen LogP) is 4.00. The molecule has 0 radical (unpaired) electrons. The molecule has 0 amide bonds. The van der Waals surface area contributed by atoms with Crippen molar-refractivity contribution in [1.29, 1.82) is 0 Å². The Morgan fingerprint density at radius 2 is 2.04 bits per heavy atom. The molecule has 0 unspecified atom stereocenters. The van der Waals surface area contributed by atoms with Gasteiger partial charge in [-0.15, -0.1) is 0 Å². The second-order valence-corrected chi connectivity index (χ2v) is 5.68. The quantitative estimate of drug-likeness (QED) is 0.733. The van der Waals surface area contributed by atoms with Gasteiger partial charge in [0.05, 0.1) is 19.5 Å². The average Bonchev–Trinajstić information content (AvgIpc) is 3.15. The van der Waals surface area contributed by atoms with Crippen LogP contribution < -0.4 is 9.47 Å². The van der Waals surface area contributed by atoms with Crippen LogP contribution in [0.5, 0.6) is 11.5 Å². The third kappa shape index (κ3) is 2.57. The number of fused-ring (bicyclic) bond motifs is 1. The topological polar surface area (TPSA) is 36.3 Å². The first-order valence-corrected chi connectivity index (χ1v) is 7.72. The fourth-order valence-corrected chi connectivity index (χ4v) is 3.16. The van der Waals surface area contributed by atoms with Crippen molar-refractivity contribution >= 4 is 0 Å². The van der Waals surface area contributed by atoms with Gasteiger partial charge in [-0.3, -0.25) is 0 Å². The predicted molar refractivity (Wildman–Crippen MR) is 87.8 cm³/mol. The van der Waals surface area contributed by atoms with Crippen molar-refractivity contribution in [2.75, 3.05) is 7.11 Å². The molecule has 1 aliphatic heterocycles. The fourth-order valence-electron chi connectivity index (χ4n) is 3.16. The zero-order chi connectivity index (χ0) is 15.6. The number of hydrogen-bond acceptors (Lipinski definition) is 3. The molecule has 2 atom stereocenters. The van der Waals surface area contributed by atoms with E-state index in [9.17, 15) is 0 Å². The van der Waals surface area contributed by atoms with Gasteiger partial charge in [0.15, 0.2) is 0 Å². The third-order valence-corrected chi connectivity index (χ3v) is 4.34. The van der Waals surface area contributed by atoms with E-state index in [-0.39, 0.29) is 12.1 Å². The van der Waals surface area contributed by atoms with Crippen LogP contribution in [-0.2, 0) is 0 Å². The minimum Gasteiger partial charge on any atom is -0.497 e. The molecule has 0 fully saturated rings. The van der Waals surface area contributed by atoms with E-state index < -0.39 is 0 Å². The zero-order valence-electron chi connectivity index (χ0n) is 12.9. The summed E-state index contributed by atoms with van der Waals surface area (Å²) >= 11 is 0. The van der Waals surface area contributed by atoms with Crippen LogP contribution >= 0.6 is 0 Å². The maximum atomic E-state index is 6.28. The zero-order valence-corrected chi connectivity index (χ0v) is 12.9. The highest BCUT2D eigenvalue weighted by atomic mass is 16.5. The van der Waals surface area contributed by atoms with E-state index in [0.717, 1.165) is 23.5 Å². The molecule has 0 saturated heterocycles. The van der Waals surface area contributed by atoms with Gasteiger partial charge in [0.25, 0.3) is 0 Å². The number of methoxy groups -OCH3 is 1. The van der Waals surface area contributed by atoms with E-state index in [0.29, 0.717) is 0 Å². The van der Waals surface area contributed by atoms with Crippen LogP contribution in [0.25, 0.3) is 0 Å². The van der Waals surface area contributed by atoms with Gasteiger partial charge in [0, 0.05) is 30.4 Å². The van der Waals surface area contributed by atoms with Crippen molar-refractivity contribution in [2.24, 2.45) is 0 Å². The van der Waals surface area contributed by atoms with Crippen LogP contribution in [-0.4, -0.2) is 16.7 Å². The van der Waals surface area contributed by atoms with Gasteiger partial charge in [-0.1, -0.05) is 30.3 Å². The van der Waals surface area contributed by atoms with Gasteiger partial charge in [0.1, 0.15) is 17.6 Å². The highest BCUT2D eigenvalue weighted by Gasteiger charge is 2.30. The molecule has 2 aromatic carbocycles. The van der Waals surface area contributed by atoms with Crippen molar-refractivity contribution in [2.45, 2.75) is 18.6 Å². The second-order valence-electron chi connectivity index (χ2n) is 5.68. The smallest absolute Gasteiger partial charge is 0.129 e. The molecule has 0 bridgehead atoms. The van der Waals surface area contributed by atoms with E-state index in [2.05, 4.69) is 27.8 Å². The van der Waals surface area contributed by atoms with Gasteiger partial charge in [-0.05, 0) is 17.7 Å². The Bertz CT molecular complexity index is 784. The lowest BCUT2D eigenvalue weighted by Crippen LogP contribution is -2.23. The maximum absolute atomic E-state index is 6.28. The van der Waals surface area contributed by atoms with Crippen molar-refractivity contribution < 1.29 is 9.47 Å². The number of rotatable bonds is 3. The summed E-state index contributed by atoms with van der Waals surface area (Å²) in [6.45, 7) is 0. The number of hydrogen-bond donors (Lipinski definition) is 0. The van der Waals surface area contributed by atoms with Crippen LogP contribution in [0.1, 0.15) is 29.7 Å². The molecule has 0 saturated carbocycles. The second kappa shape index (κ2) is 5.80. The molecule has 4 nitrogen and oxygen atoms in total. The minimum atomic E-state index is 0.0169. The minimum absolute atomic E-state index is 0.0169. The SMILES string of the molecule is COc1ccc2c(c1)O[C@H](c1ccccc1)C[C@H]2n1ccnc1. The number of imidazole rings is 1. The monoisotopic (exact) mass is 306 g/mol. The third-order valence-electron chi connectivity index (χ3n) is 4.34.